The third-order valence-electron chi connectivity index (χ3n) is 2.85. The van der Waals surface area contributed by atoms with E-state index < -0.39 is 28.4 Å². The molecule has 0 unspecified atom stereocenters. The second-order valence-corrected chi connectivity index (χ2v) is 6.74. The third kappa shape index (κ3) is 4.86. The maximum atomic E-state index is 12.0. The monoisotopic (exact) mass is 313 g/mol. The Morgan fingerprint density at radius 3 is 2.14 bits per heavy atom. The van der Waals surface area contributed by atoms with E-state index in [1.165, 1.54) is 6.92 Å². The summed E-state index contributed by atoms with van der Waals surface area (Å²) in [6.45, 7) is 3.94. The molecule has 1 rings (SSSR count). The van der Waals surface area contributed by atoms with E-state index in [0.717, 1.165) is 21.7 Å². The molecule has 0 aliphatic carbocycles. The van der Waals surface area contributed by atoms with Gasteiger partial charge in [-0.15, -0.1) is 0 Å². The number of para-hydroxylation sites is 1. The number of anilines is 1. The third-order valence-corrected chi connectivity index (χ3v) is 3.96. The highest BCUT2D eigenvalue weighted by molar-refractivity contribution is 7.92. The summed E-state index contributed by atoms with van der Waals surface area (Å²) in [5, 5.41) is 0. The van der Waals surface area contributed by atoms with Crippen molar-refractivity contribution in [2.24, 2.45) is 0 Å². The van der Waals surface area contributed by atoms with Crippen molar-refractivity contribution in [1.29, 1.82) is 0 Å². The minimum Gasteiger partial charge on any atom is -0.458 e. The van der Waals surface area contributed by atoms with Crippen LogP contribution in [0.2, 0.25) is 0 Å². The van der Waals surface area contributed by atoms with Crippen LogP contribution in [0.5, 0.6) is 0 Å². The van der Waals surface area contributed by atoms with Gasteiger partial charge in [-0.3, -0.25) is 13.9 Å². The molecule has 0 aromatic heterocycles. The number of esters is 1. The predicted octanol–water partition coefficient (Wildman–Crippen LogP) is 1.20. The minimum atomic E-state index is -3.62. The molecule has 0 aliphatic rings. The maximum Gasteiger partial charge on any atom is 0.303 e. The largest absolute Gasteiger partial charge is 0.458 e. The molecule has 116 valence electrons. The molecule has 21 heavy (non-hydrogen) atoms. The quantitative estimate of drug-likeness (QED) is 0.737. The predicted molar refractivity (Wildman–Crippen MR) is 79.7 cm³/mol. The summed E-state index contributed by atoms with van der Waals surface area (Å²) in [5.74, 6) is -1.07. The number of carbonyl (C=O) groups excluding carboxylic acids is 2. The average molecular weight is 313 g/mol. The number of benzene rings is 1. The number of carbonyl (C=O) groups is 2. The van der Waals surface area contributed by atoms with Crippen LogP contribution in [0.3, 0.4) is 0 Å². The number of rotatable bonds is 6. The summed E-state index contributed by atoms with van der Waals surface area (Å²) >= 11 is 0. The first kappa shape index (κ1) is 17.2. The van der Waals surface area contributed by atoms with Gasteiger partial charge in [-0.1, -0.05) is 18.2 Å². The summed E-state index contributed by atoms with van der Waals surface area (Å²) in [4.78, 5) is 22.5. The number of hydrogen-bond donors (Lipinski definition) is 0. The molecule has 0 aliphatic heterocycles. The molecule has 0 N–H and O–H groups in total. The van der Waals surface area contributed by atoms with Gasteiger partial charge in [-0.05, 0) is 25.0 Å². The molecule has 1 aromatic carbocycles. The molecule has 1 aromatic rings. The second kappa shape index (κ2) is 6.71. The molecule has 0 saturated carbocycles. The Bertz CT molecular complexity index is 631. The molecule has 0 fully saturated rings. The van der Waals surface area contributed by atoms with E-state index in [-0.39, 0.29) is 6.54 Å². The highest BCUT2D eigenvalue weighted by Gasteiger charge is 2.24. The van der Waals surface area contributed by atoms with E-state index in [1.807, 2.05) is 6.07 Å². The summed E-state index contributed by atoms with van der Waals surface area (Å²) in [6.07, 6.45) is 1.04. The number of hydrogen-bond acceptors (Lipinski definition) is 5. The maximum absolute atomic E-state index is 12.0. The van der Waals surface area contributed by atoms with Gasteiger partial charge >= 0.3 is 5.97 Å². The first-order valence-electron chi connectivity index (χ1n) is 6.32. The van der Waals surface area contributed by atoms with E-state index in [4.69, 9.17) is 0 Å². The van der Waals surface area contributed by atoms with Crippen LogP contribution >= 0.6 is 0 Å². The van der Waals surface area contributed by atoms with E-state index >= 15 is 0 Å². The molecule has 6 nitrogen and oxygen atoms in total. The van der Waals surface area contributed by atoms with Gasteiger partial charge in [0.2, 0.25) is 10.0 Å². The van der Waals surface area contributed by atoms with Gasteiger partial charge in [0.1, 0.15) is 0 Å². The molecule has 7 heteroatoms. The van der Waals surface area contributed by atoms with Crippen LogP contribution in [0.25, 0.3) is 0 Å². The van der Waals surface area contributed by atoms with E-state index in [9.17, 15) is 18.0 Å². The Labute approximate surface area is 124 Å². The Hall–Kier alpha value is -1.89. The van der Waals surface area contributed by atoms with E-state index in [0.29, 0.717) is 5.69 Å². The highest BCUT2D eigenvalue weighted by atomic mass is 32.2. The fourth-order valence-corrected chi connectivity index (χ4v) is 2.95. The molecule has 0 spiro atoms. The number of Topliss-reactive ketones (excluding diaryl/α,β-unsaturated/α-hetero) is 1. The molecule has 0 heterocycles. The smallest absolute Gasteiger partial charge is 0.303 e. The lowest BCUT2D eigenvalue weighted by Crippen LogP contribution is -2.37. The standard InChI is InChI=1S/C14H19NO5S/c1-10-6-5-7-11(2)14(10)15(21(4,18)19)8-13(17)9-20-12(3)16/h5-7H,8-9H2,1-4H3. The number of aryl methyl sites for hydroxylation is 2. The normalized spacial score (nSPS) is 11.0. The summed E-state index contributed by atoms with van der Waals surface area (Å²) in [7, 11) is -3.62. The van der Waals surface area contributed by atoms with Crippen molar-refractivity contribution in [3.8, 4) is 0 Å². The summed E-state index contributed by atoms with van der Waals surface area (Å²) in [5.41, 5.74) is 1.98. The number of ether oxygens (including phenoxy) is 1. The van der Waals surface area contributed by atoms with Crippen molar-refractivity contribution in [2.45, 2.75) is 20.8 Å². The molecule has 0 bridgehead atoms. The fraction of sp³-hybridized carbons (Fsp3) is 0.429. The van der Waals surface area contributed by atoms with Crippen molar-refractivity contribution in [3.63, 3.8) is 0 Å². The average Bonchev–Trinajstić information content (AvgIpc) is 2.33. The highest BCUT2D eigenvalue weighted by Crippen LogP contribution is 2.26. The number of ketones is 1. The van der Waals surface area contributed by atoms with Gasteiger partial charge in [-0.2, -0.15) is 0 Å². The Morgan fingerprint density at radius 2 is 1.71 bits per heavy atom. The molecular formula is C14H19NO5S. The Kier molecular flexibility index (Phi) is 5.48. The second-order valence-electron chi connectivity index (χ2n) is 4.83. The summed E-state index contributed by atoms with van der Waals surface area (Å²) in [6, 6.07) is 5.36. The molecule has 0 saturated heterocycles. The zero-order valence-electron chi connectivity index (χ0n) is 12.5. The SMILES string of the molecule is CC(=O)OCC(=O)CN(c1c(C)cccc1C)S(C)(=O)=O. The molecule has 0 atom stereocenters. The van der Waals surface area contributed by atoms with Crippen molar-refractivity contribution in [1.82, 2.24) is 0 Å². The molecular weight excluding hydrogens is 294 g/mol. The zero-order valence-corrected chi connectivity index (χ0v) is 13.4. The van der Waals surface area contributed by atoms with Gasteiger partial charge in [0, 0.05) is 6.92 Å². The van der Waals surface area contributed by atoms with E-state index in [2.05, 4.69) is 4.74 Å². The molecule has 0 amide bonds. The summed E-state index contributed by atoms with van der Waals surface area (Å²) < 4.78 is 29.6. The lowest BCUT2D eigenvalue weighted by Gasteiger charge is -2.25. The van der Waals surface area contributed by atoms with Crippen LogP contribution < -0.4 is 4.31 Å². The Morgan fingerprint density at radius 1 is 1.19 bits per heavy atom. The number of sulfonamides is 1. The van der Waals surface area contributed by atoms with Crippen LogP contribution in [-0.4, -0.2) is 39.6 Å². The van der Waals surface area contributed by atoms with Crippen LogP contribution in [0.4, 0.5) is 5.69 Å². The first-order valence-corrected chi connectivity index (χ1v) is 8.16. The van der Waals surface area contributed by atoms with Gasteiger partial charge in [0.05, 0.1) is 18.5 Å². The van der Waals surface area contributed by atoms with Crippen LogP contribution in [0, 0.1) is 13.8 Å². The van der Waals surface area contributed by atoms with Crippen molar-refractivity contribution < 1.29 is 22.7 Å². The lowest BCUT2D eigenvalue weighted by atomic mass is 10.1. The van der Waals surface area contributed by atoms with E-state index in [1.54, 1.807) is 26.0 Å². The number of nitrogens with zero attached hydrogens (tertiary/aromatic N) is 1. The van der Waals surface area contributed by atoms with Crippen molar-refractivity contribution >= 4 is 27.5 Å². The van der Waals surface area contributed by atoms with Crippen LogP contribution in [-0.2, 0) is 24.3 Å². The van der Waals surface area contributed by atoms with Crippen molar-refractivity contribution in [3.05, 3.63) is 29.3 Å². The van der Waals surface area contributed by atoms with Gasteiger partial charge in [0.25, 0.3) is 0 Å². The van der Waals surface area contributed by atoms with Gasteiger partial charge < -0.3 is 4.74 Å². The van der Waals surface area contributed by atoms with Gasteiger partial charge in [0.15, 0.2) is 12.4 Å². The van der Waals surface area contributed by atoms with Crippen molar-refractivity contribution in [2.75, 3.05) is 23.7 Å². The fourth-order valence-electron chi connectivity index (χ4n) is 1.95. The minimum absolute atomic E-state index is 0.363. The Balaban J connectivity index is 3.09. The van der Waals surface area contributed by atoms with Crippen LogP contribution in [0.15, 0.2) is 18.2 Å². The molecule has 0 radical (unpaired) electrons. The first-order chi connectivity index (χ1) is 9.62. The van der Waals surface area contributed by atoms with Gasteiger partial charge in [-0.25, -0.2) is 8.42 Å². The van der Waals surface area contributed by atoms with Crippen LogP contribution in [0.1, 0.15) is 18.1 Å². The topological polar surface area (TPSA) is 80.8 Å². The lowest BCUT2D eigenvalue weighted by molar-refractivity contribution is -0.145. The zero-order chi connectivity index (χ0) is 16.2.